The molecule has 4 rings (SSSR count). The summed E-state index contributed by atoms with van der Waals surface area (Å²) >= 11 is 2.81. The van der Waals surface area contributed by atoms with Crippen LogP contribution < -0.4 is 11.5 Å². The molecule has 118 valence electrons. The predicted octanol–water partition coefficient (Wildman–Crippen LogP) is 2.95. The minimum atomic E-state index is 0.0632. The van der Waals surface area contributed by atoms with Gasteiger partial charge < -0.3 is 21.7 Å². The van der Waals surface area contributed by atoms with Gasteiger partial charge in [-0.2, -0.15) is 0 Å². The van der Waals surface area contributed by atoms with Crippen molar-refractivity contribution in [2.45, 2.75) is 6.61 Å². The van der Waals surface area contributed by atoms with E-state index in [1.165, 1.54) is 22.7 Å². The summed E-state index contributed by atoms with van der Waals surface area (Å²) in [7, 11) is 0. The Hall–Kier alpha value is -2.42. The quantitative estimate of drug-likeness (QED) is 0.421. The third-order valence-electron chi connectivity index (χ3n) is 3.04. The van der Waals surface area contributed by atoms with Gasteiger partial charge >= 0.3 is 0 Å². The summed E-state index contributed by atoms with van der Waals surface area (Å²) in [5.74, 6) is 0.251. The van der Waals surface area contributed by atoms with Crippen LogP contribution in [-0.2, 0) is 6.61 Å². The normalized spacial score (nSPS) is 10.7. The number of hydrogen-bond acceptors (Lipinski definition) is 8. The number of aromatic hydroxyl groups is 1. The van der Waals surface area contributed by atoms with Gasteiger partial charge in [0, 0.05) is 0 Å². The number of aromatic nitrogens is 2. The first-order chi connectivity index (χ1) is 11.0. The van der Waals surface area contributed by atoms with Crippen molar-refractivity contribution in [1.29, 1.82) is 0 Å². The van der Waals surface area contributed by atoms with E-state index in [0.717, 1.165) is 26.0 Å². The maximum atomic E-state index is 9.08. The van der Waals surface area contributed by atoms with E-state index < -0.39 is 0 Å². The van der Waals surface area contributed by atoms with Crippen LogP contribution in [0.15, 0.2) is 36.4 Å². The second kappa shape index (κ2) is 6.37. The molecule has 6 nitrogen and oxygen atoms in total. The molecule has 0 fully saturated rings. The topological polar surface area (TPSA) is 118 Å². The molecule has 0 aliphatic rings. The Morgan fingerprint density at radius 1 is 0.870 bits per heavy atom. The number of anilines is 2. The number of nitrogen functional groups attached to an aromatic ring is 2. The first kappa shape index (κ1) is 15.5. The zero-order valence-electron chi connectivity index (χ0n) is 11.9. The number of phenols is 1. The standard InChI is InChI=1S/C8H8N2OS.C7H6N2OS/c9-8-10-6-2-1-5(4-11)3-7(6)12-8;8-7-9-5-2-1-4(10)3-6(5)11-7/h1-3,11H,4H2,(H2,9,10);1-3,10H,(H2,8,9). The van der Waals surface area contributed by atoms with Crippen molar-refractivity contribution < 1.29 is 10.2 Å². The molecule has 0 unspecified atom stereocenters. The van der Waals surface area contributed by atoms with Crippen molar-refractivity contribution in [3.8, 4) is 5.75 Å². The third kappa shape index (κ3) is 3.50. The molecule has 0 saturated heterocycles. The lowest BCUT2D eigenvalue weighted by Gasteiger charge is -1.92. The molecule has 2 aromatic carbocycles. The van der Waals surface area contributed by atoms with E-state index in [-0.39, 0.29) is 12.4 Å². The Kier molecular flexibility index (Phi) is 4.28. The largest absolute Gasteiger partial charge is 0.508 e. The summed E-state index contributed by atoms with van der Waals surface area (Å²) in [6.07, 6.45) is 0. The molecule has 0 aliphatic heterocycles. The highest BCUT2D eigenvalue weighted by atomic mass is 32.1. The number of phenolic OH excluding ortho intramolecular Hbond substituents is 1. The fourth-order valence-electron chi connectivity index (χ4n) is 2.02. The molecule has 2 heterocycles. The number of aliphatic hydroxyl groups excluding tert-OH is 1. The van der Waals surface area contributed by atoms with Gasteiger partial charge in [-0.3, -0.25) is 0 Å². The fraction of sp³-hybridized carbons (Fsp3) is 0.0667. The Labute approximate surface area is 139 Å². The highest BCUT2D eigenvalue weighted by Gasteiger charge is 2.01. The van der Waals surface area contributed by atoms with E-state index in [1.807, 2.05) is 18.2 Å². The average Bonchev–Trinajstić information content (AvgIpc) is 3.07. The molecule has 0 radical (unpaired) electrons. The van der Waals surface area contributed by atoms with E-state index in [2.05, 4.69) is 9.97 Å². The van der Waals surface area contributed by atoms with Gasteiger partial charge in [-0.25, -0.2) is 9.97 Å². The predicted molar refractivity (Wildman–Crippen MR) is 95.7 cm³/mol. The van der Waals surface area contributed by atoms with Crippen molar-refractivity contribution in [3.63, 3.8) is 0 Å². The molecule has 2 aromatic heterocycles. The Bertz CT molecular complexity index is 965. The van der Waals surface area contributed by atoms with Gasteiger partial charge in [0.2, 0.25) is 0 Å². The van der Waals surface area contributed by atoms with Crippen LogP contribution in [0, 0.1) is 0 Å². The highest BCUT2D eigenvalue weighted by molar-refractivity contribution is 7.22. The van der Waals surface area contributed by atoms with Gasteiger partial charge in [-0.1, -0.05) is 28.7 Å². The summed E-state index contributed by atoms with van der Waals surface area (Å²) in [6.45, 7) is 0.0632. The molecule has 4 aromatic rings. The zero-order valence-corrected chi connectivity index (χ0v) is 13.6. The Morgan fingerprint density at radius 2 is 1.43 bits per heavy atom. The third-order valence-corrected chi connectivity index (χ3v) is 4.74. The second-order valence-corrected chi connectivity index (χ2v) is 6.84. The van der Waals surface area contributed by atoms with Gasteiger partial charge in [0.05, 0.1) is 27.0 Å². The lowest BCUT2D eigenvalue weighted by Crippen LogP contribution is -1.81. The molecule has 0 bridgehead atoms. The number of fused-ring (bicyclic) bond motifs is 2. The van der Waals surface area contributed by atoms with Crippen LogP contribution in [0.1, 0.15) is 5.56 Å². The van der Waals surface area contributed by atoms with Gasteiger partial charge in [-0.05, 0) is 35.9 Å². The summed E-state index contributed by atoms with van der Waals surface area (Å²) in [5.41, 5.74) is 13.6. The smallest absolute Gasteiger partial charge is 0.181 e. The summed E-state index contributed by atoms with van der Waals surface area (Å²) in [4.78, 5) is 8.14. The van der Waals surface area contributed by atoms with Crippen molar-refractivity contribution in [2.75, 3.05) is 11.5 Å². The summed E-state index contributed by atoms with van der Waals surface area (Å²) < 4.78 is 1.95. The Balaban J connectivity index is 0.000000136. The van der Waals surface area contributed by atoms with Crippen LogP contribution in [0.2, 0.25) is 0 Å². The van der Waals surface area contributed by atoms with E-state index in [9.17, 15) is 0 Å². The van der Waals surface area contributed by atoms with Crippen molar-refractivity contribution in [3.05, 3.63) is 42.0 Å². The number of aliphatic hydroxyl groups is 1. The lowest BCUT2D eigenvalue weighted by atomic mass is 10.2. The number of benzene rings is 2. The van der Waals surface area contributed by atoms with Crippen molar-refractivity contribution in [1.82, 2.24) is 9.97 Å². The molecule has 0 atom stereocenters. The van der Waals surface area contributed by atoms with E-state index in [4.69, 9.17) is 21.7 Å². The lowest BCUT2D eigenvalue weighted by molar-refractivity contribution is 0.282. The molecular formula is C15H14N4O2S2. The minimum Gasteiger partial charge on any atom is -0.508 e. The number of thiazole rings is 2. The maximum absolute atomic E-state index is 9.08. The molecule has 0 saturated carbocycles. The highest BCUT2D eigenvalue weighted by Crippen LogP contribution is 2.26. The second-order valence-electron chi connectivity index (χ2n) is 4.72. The first-order valence-corrected chi connectivity index (χ1v) is 8.29. The van der Waals surface area contributed by atoms with Crippen LogP contribution in [0.25, 0.3) is 20.4 Å². The zero-order chi connectivity index (χ0) is 16.4. The molecule has 23 heavy (non-hydrogen) atoms. The molecule has 0 aliphatic carbocycles. The summed E-state index contributed by atoms with van der Waals surface area (Å²) in [6, 6.07) is 10.6. The molecule has 6 N–H and O–H groups in total. The molecule has 8 heteroatoms. The Morgan fingerprint density at radius 3 is 2.04 bits per heavy atom. The van der Waals surface area contributed by atoms with Crippen LogP contribution in [-0.4, -0.2) is 20.2 Å². The van der Waals surface area contributed by atoms with Gasteiger partial charge in [0.15, 0.2) is 10.3 Å². The SMILES string of the molecule is Nc1nc2ccc(CO)cc2s1.Nc1nc2ccc(O)cc2s1. The van der Waals surface area contributed by atoms with Crippen LogP contribution in [0.5, 0.6) is 5.75 Å². The number of hydrogen-bond donors (Lipinski definition) is 4. The summed E-state index contributed by atoms with van der Waals surface area (Å²) in [5, 5.41) is 19.0. The van der Waals surface area contributed by atoms with Crippen molar-refractivity contribution in [2.24, 2.45) is 0 Å². The van der Waals surface area contributed by atoms with E-state index in [1.54, 1.807) is 18.2 Å². The van der Waals surface area contributed by atoms with Crippen molar-refractivity contribution >= 4 is 53.4 Å². The van der Waals surface area contributed by atoms with E-state index in [0.29, 0.717) is 10.3 Å². The average molecular weight is 346 g/mol. The molecule has 0 spiro atoms. The van der Waals surface area contributed by atoms with Crippen LogP contribution in [0.3, 0.4) is 0 Å². The van der Waals surface area contributed by atoms with Gasteiger partial charge in [0.25, 0.3) is 0 Å². The minimum absolute atomic E-state index is 0.0632. The van der Waals surface area contributed by atoms with E-state index >= 15 is 0 Å². The fourth-order valence-corrected chi connectivity index (χ4v) is 3.58. The van der Waals surface area contributed by atoms with Gasteiger partial charge in [-0.15, -0.1) is 0 Å². The number of nitrogens with two attached hydrogens (primary N) is 2. The monoisotopic (exact) mass is 346 g/mol. The first-order valence-electron chi connectivity index (χ1n) is 6.66. The maximum Gasteiger partial charge on any atom is 0.181 e. The van der Waals surface area contributed by atoms with Crippen LogP contribution in [0.4, 0.5) is 10.3 Å². The molecular weight excluding hydrogens is 332 g/mol. The van der Waals surface area contributed by atoms with Gasteiger partial charge in [0.1, 0.15) is 5.75 Å². The van der Waals surface area contributed by atoms with Crippen LogP contribution >= 0.6 is 22.7 Å². The molecule has 0 amide bonds. The number of nitrogens with zero attached hydrogens (tertiary/aromatic N) is 2. The number of rotatable bonds is 1.